The van der Waals surface area contributed by atoms with Gasteiger partial charge in [-0.05, 0) is 64.2 Å². The molecule has 0 saturated carbocycles. The normalized spacial score (nSPS) is 12.7. The van der Waals surface area contributed by atoms with Crippen molar-refractivity contribution in [2.24, 2.45) is 0 Å². The highest BCUT2D eigenvalue weighted by atomic mass is 28.4. The first-order valence-electron chi connectivity index (χ1n) is 9.50. The van der Waals surface area contributed by atoms with Crippen molar-refractivity contribution in [2.75, 3.05) is 5.32 Å². The van der Waals surface area contributed by atoms with Crippen LogP contribution in [0.25, 0.3) is 0 Å². The van der Waals surface area contributed by atoms with Gasteiger partial charge in [-0.3, -0.25) is 0 Å². The number of nitrogens with one attached hydrogen (secondary N) is 1. The van der Waals surface area contributed by atoms with Gasteiger partial charge in [-0.1, -0.05) is 49.1 Å². The van der Waals surface area contributed by atoms with Crippen molar-refractivity contribution in [1.82, 2.24) is 0 Å². The van der Waals surface area contributed by atoms with E-state index in [0.29, 0.717) is 0 Å². The van der Waals surface area contributed by atoms with Crippen LogP contribution in [0.15, 0.2) is 54.6 Å². The zero-order chi connectivity index (χ0) is 19.9. The van der Waals surface area contributed by atoms with Crippen molar-refractivity contribution in [3.63, 3.8) is 0 Å². The molecule has 2 aromatic rings. The van der Waals surface area contributed by atoms with Crippen molar-refractivity contribution >= 4 is 14.0 Å². The average Bonchev–Trinajstić information content (AvgIpc) is 2.59. The molecule has 4 heteroatoms. The van der Waals surface area contributed by atoms with Crippen LogP contribution in [-0.2, 0) is 4.43 Å². The Hall–Kier alpha value is -2.22. The Morgan fingerprint density at radius 1 is 1.00 bits per heavy atom. The molecule has 0 aliphatic heterocycles. The monoisotopic (exact) mass is 381 g/mol. The fourth-order valence-corrected chi connectivity index (χ4v) is 4.35. The molecule has 0 spiro atoms. The number of ether oxygens (including phenoxy) is 1. The van der Waals surface area contributed by atoms with Gasteiger partial charge in [-0.2, -0.15) is 0 Å². The molecule has 0 aliphatic rings. The maximum Gasteiger partial charge on any atom is 0.185 e. The molecule has 27 heavy (non-hydrogen) atoms. The minimum atomic E-state index is -1.64. The molecule has 0 heterocycles. The van der Waals surface area contributed by atoms with E-state index in [1.165, 1.54) is 0 Å². The van der Waals surface area contributed by atoms with Gasteiger partial charge in [0.25, 0.3) is 0 Å². The molecule has 0 aromatic heterocycles. The van der Waals surface area contributed by atoms with Crippen molar-refractivity contribution in [3.05, 3.63) is 54.6 Å². The smallest absolute Gasteiger partial charge is 0.185 e. The predicted molar refractivity (Wildman–Crippen MR) is 117 cm³/mol. The molecule has 1 N–H and O–H groups in total. The quantitative estimate of drug-likeness (QED) is 0.451. The second-order valence-corrected chi connectivity index (χ2v) is 12.4. The van der Waals surface area contributed by atoms with Crippen LogP contribution in [-0.4, -0.2) is 20.0 Å². The highest BCUT2D eigenvalue weighted by molar-refractivity contribution is 6.69. The standard InChI is InChI=1S/C23H31NO2Si/c1-7-19(17-18-23(2,3)26-27(4,5)6)24-21-15-11-12-16-22(21)25-20-13-9-8-10-14-20/h8-16,19,24H,7H2,1-6H3/t19-/m0/s1. The summed E-state index contributed by atoms with van der Waals surface area (Å²) in [5, 5.41) is 3.51. The summed E-state index contributed by atoms with van der Waals surface area (Å²) >= 11 is 0. The van der Waals surface area contributed by atoms with Crippen LogP contribution in [0.3, 0.4) is 0 Å². The Bertz CT molecular complexity index is 785. The number of benzene rings is 2. The summed E-state index contributed by atoms with van der Waals surface area (Å²) in [4.78, 5) is 0. The number of anilines is 1. The van der Waals surface area contributed by atoms with E-state index in [9.17, 15) is 0 Å². The largest absolute Gasteiger partial charge is 0.455 e. The molecule has 0 amide bonds. The van der Waals surface area contributed by atoms with E-state index in [-0.39, 0.29) is 6.04 Å². The van der Waals surface area contributed by atoms with E-state index < -0.39 is 13.9 Å². The summed E-state index contributed by atoms with van der Waals surface area (Å²) in [6.45, 7) is 12.8. The minimum Gasteiger partial charge on any atom is -0.455 e. The molecule has 1 atom stereocenters. The molecule has 0 saturated heterocycles. The Morgan fingerprint density at radius 3 is 2.26 bits per heavy atom. The summed E-state index contributed by atoms with van der Waals surface area (Å²) in [7, 11) is -1.64. The van der Waals surface area contributed by atoms with Crippen LogP contribution in [0.2, 0.25) is 19.6 Å². The van der Waals surface area contributed by atoms with Crippen molar-refractivity contribution in [2.45, 2.75) is 58.5 Å². The Kier molecular flexibility index (Phi) is 7.12. The molecule has 144 valence electrons. The first-order valence-corrected chi connectivity index (χ1v) is 12.9. The molecule has 0 fully saturated rings. The molecule has 0 bridgehead atoms. The van der Waals surface area contributed by atoms with Crippen LogP contribution in [0, 0.1) is 11.8 Å². The van der Waals surface area contributed by atoms with Crippen molar-refractivity contribution in [1.29, 1.82) is 0 Å². The first kappa shape index (κ1) is 21.1. The number of hydrogen-bond acceptors (Lipinski definition) is 3. The lowest BCUT2D eigenvalue weighted by Gasteiger charge is -2.28. The Labute approximate surface area is 165 Å². The highest BCUT2D eigenvalue weighted by Gasteiger charge is 2.25. The lowest BCUT2D eigenvalue weighted by atomic mass is 10.1. The van der Waals surface area contributed by atoms with E-state index in [1.807, 2.05) is 68.4 Å². The molecule has 0 unspecified atom stereocenters. The second-order valence-electron chi connectivity index (χ2n) is 8.01. The zero-order valence-electron chi connectivity index (χ0n) is 17.3. The van der Waals surface area contributed by atoms with Gasteiger partial charge in [0.1, 0.15) is 11.4 Å². The third-order valence-corrected chi connectivity index (χ3v) is 4.83. The summed E-state index contributed by atoms with van der Waals surface area (Å²) < 4.78 is 12.2. The molecular formula is C23H31NO2Si. The summed E-state index contributed by atoms with van der Waals surface area (Å²) in [6, 6.07) is 17.8. The SMILES string of the molecule is CC[C@@H](C#CC(C)(C)O[Si](C)(C)C)Nc1ccccc1Oc1ccccc1. The fourth-order valence-electron chi connectivity index (χ4n) is 2.77. The third kappa shape index (κ3) is 7.50. The van der Waals surface area contributed by atoms with Crippen LogP contribution in [0.4, 0.5) is 5.69 Å². The van der Waals surface area contributed by atoms with Gasteiger partial charge in [-0.15, -0.1) is 0 Å². The maximum atomic E-state index is 6.19. The van der Waals surface area contributed by atoms with Gasteiger partial charge in [-0.25, -0.2) is 0 Å². The molecular weight excluding hydrogens is 350 g/mol. The third-order valence-electron chi connectivity index (χ3n) is 3.70. The molecule has 2 rings (SSSR count). The molecule has 3 nitrogen and oxygen atoms in total. The van der Waals surface area contributed by atoms with Crippen LogP contribution < -0.4 is 10.1 Å². The Balaban J connectivity index is 2.14. The van der Waals surface area contributed by atoms with Crippen molar-refractivity contribution < 1.29 is 9.16 Å². The van der Waals surface area contributed by atoms with E-state index in [1.54, 1.807) is 0 Å². The number of hydrogen-bond donors (Lipinski definition) is 1. The van der Waals surface area contributed by atoms with Gasteiger partial charge in [0.15, 0.2) is 14.1 Å². The minimum absolute atomic E-state index is 0.0232. The average molecular weight is 382 g/mol. The number of rotatable bonds is 7. The maximum absolute atomic E-state index is 6.19. The zero-order valence-corrected chi connectivity index (χ0v) is 18.3. The fraction of sp³-hybridized carbons (Fsp3) is 0.391. The molecule has 0 radical (unpaired) electrons. The second kappa shape index (κ2) is 9.12. The topological polar surface area (TPSA) is 30.5 Å². The predicted octanol–water partition coefficient (Wildman–Crippen LogP) is 6.30. The van der Waals surface area contributed by atoms with E-state index >= 15 is 0 Å². The Morgan fingerprint density at radius 2 is 1.63 bits per heavy atom. The number of para-hydroxylation sites is 3. The van der Waals surface area contributed by atoms with E-state index in [4.69, 9.17) is 9.16 Å². The lowest BCUT2D eigenvalue weighted by molar-refractivity contribution is 0.164. The first-order chi connectivity index (χ1) is 12.7. The lowest BCUT2D eigenvalue weighted by Crippen LogP contribution is -2.37. The summed E-state index contributed by atoms with van der Waals surface area (Å²) in [6.07, 6.45) is 0.885. The molecule has 2 aromatic carbocycles. The van der Waals surface area contributed by atoms with Gasteiger partial charge in [0.05, 0.1) is 11.7 Å². The molecule has 0 aliphatic carbocycles. The summed E-state index contributed by atoms with van der Waals surface area (Å²) in [5.74, 6) is 8.28. The van der Waals surface area contributed by atoms with Gasteiger partial charge < -0.3 is 14.5 Å². The van der Waals surface area contributed by atoms with Gasteiger partial charge in [0, 0.05) is 0 Å². The van der Waals surface area contributed by atoms with Crippen LogP contribution in [0.5, 0.6) is 11.5 Å². The van der Waals surface area contributed by atoms with E-state index in [2.05, 4.69) is 43.7 Å². The van der Waals surface area contributed by atoms with Crippen LogP contribution >= 0.6 is 0 Å². The van der Waals surface area contributed by atoms with Gasteiger partial charge >= 0.3 is 0 Å². The van der Waals surface area contributed by atoms with Crippen molar-refractivity contribution in [3.8, 4) is 23.3 Å². The highest BCUT2D eigenvalue weighted by Crippen LogP contribution is 2.29. The summed E-state index contributed by atoms with van der Waals surface area (Å²) in [5.41, 5.74) is 0.492. The van der Waals surface area contributed by atoms with E-state index in [0.717, 1.165) is 23.6 Å². The van der Waals surface area contributed by atoms with Gasteiger partial charge in [0.2, 0.25) is 0 Å². The van der Waals surface area contributed by atoms with Crippen LogP contribution in [0.1, 0.15) is 27.2 Å².